The Kier molecular flexibility index (Phi) is 4.81. The van der Waals surface area contributed by atoms with Crippen molar-refractivity contribution in [1.82, 2.24) is 10.3 Å². The highest BCUT2D eigenvalue weighted by Gasteiger charge is 2.32. The molecule has 4 nitrogen and oxygen atoms in total. The van der Waals surface area contributed by atoms with Crippen LogP contribution in [0, 0.1) is 13.8 Å². The molecule has 0 radical (unpaired) electrons. The van der Waals surface area contributed by atoms with Crippen LogP contribution in [-0.2, 0) is 0 Å². The first kappa shape index (κ1) is 15.0. The Balaban J connectivity index is 2.99. The zero-order valence-corrected chi connectivity index (χ0v) is 12.8. The van der Waals surface area contributed by atoms with Gasteiger partial charge in [-0.1, -0.05) is 26.1 Å². The molecular formula is C12H19N3OS2. The number of aromatic nitrogens is 1. The van der Waals surface area contributed by atoms with Gasteiger partial charge in [0.05, 0.1) is 21.2 Å². The summed E-state index contributed by atoms with van der Waals surface area (Å²) in [4.78, 5) is 17.5. The number of nitrogens with zero attached hydrogens (tertiary/aromatic N) is 1. The summed E-state index contributed by atoms with van der Waals surface area (Å²) in [5.74, 6) is -0.144. The van der Waals surface area contributed by atoms with Crippen molar-refractivity contribution in [2.24, 2.45) is 5.73 Å². The highest BCUT2D eigenvalue weighted by Crippen LogP contribution is 2.21. The first-order valence-electron chi connectivity index (χ1n) is 5.92. The number of amides is 1. The number of hydrogen-bond donors (Lipinski definition) is 2. The molecule has 0 spiro atoms. The maximum Gasteiger partial charge on any atom is 0.264 e. The van der Waals surface area contributed by atoms with Gasteiger partial charge >= 0.3 is 0 Å². The monoisotopic (exact) mass is 285 g/mol. The Labute approximate surface area is 117 Å². The third-order valence-electron chi connectivity index (χ3n) is 3.14. The van der Waals surface area contributed by atoms with Crippen LogP contribution < -0.4 is 11.1 Å². The van der Waals surface area contributed by atoms with Crippen LogP contribution in [0.2, 0.25) is 0 Å². The first-order valence-corrected chi connectivity index (χ1v) is 7.15. The molecule has 100 valence electrons. The van der Waals surface area contributed by atoms with E-state index >= 15 is 0 Å². The summed E-state index contributed by atoms with van der Waals surface area (Å²) in [6, 6.07) is 0. The molecule has 0 aliphatic rings. The van der Waals surface area contributed by atoms with Crippen molar-refractivity contribution in [3.05, 3.63) is 15.6 Å². The highest BCUT2D eigenvalue weighted by molar-refractivity contribution is 7.80. The number of carbonyl (C=O) groups excluding carboxylic acids is 1. The van der Waals surface area contributed by atoms with Crippen molar-refractivity contribution in [3.8, 4) is 0 Å². The second-order valence-electron chi connectivity index (χ2n) is 4.26. The first-order chi connectivity index (χ1) is 8.36. The van der Waals surface area contributed by atoms with Crippen molar-refractivity contribution >= 4 is 34.5 Å². The van der Waals surface area contributed by atoms with Gasteiger partial charge in [-0.25, -0.2) is 4.98 Å². The van der Waals surface area contributed by atoms with Crippen molar-refractivity contribution in [1.29, 1.82) is 0 Å². The van der Waals surface area contributed by atoms with Gasteiger partial charge in [0, 0.05) is 0 Å². The van der Waals surface area contributed by atoms with E-state index in [9.17, 15) is 4.79 Å². The van der Waals surface area contributed by atoms with Crippen molar-refractivity contribution < 1.29 is 4.79 Å². The molecule has 0 aromatic carbocycles. The molecule has 0 saturated carbocycles. The maximum absolute atomic E-state index is 12.3. The van der Waals surface area contributed by atoms with Gasteiger partial charge in [-0.15, -0.1) is 11.3 Å². The molecule has 0 fully saturated rings. The second-order valence-corrected chi connectivity index (χ2v) is 5.90. The minimum Gasteiger partial charge on any atom is -0.391 e. The molecule has 1 aromatic rings. The number of carbonyl (C=O) groups is 1. The predicted molar refractivity (Wildman–Crippen MR) is 79.2 cm³/mol. The number of rotatable bonds is 5. The second kappa shape index (κ2) is 5.75. The van der Waals surface area contributed by atoms with E-state index in [1.807, 2.05) is 27.7 Å². The Morgan fingerprint density at radius 3 is 2.33 bits per heavy atom. The van der Waals surface area contributed by atoms with Gasteiger partial charge < -0.3 is 11.1 Å². The van der Waals surface area contributed by atoms with Crippen LogP contribution >= 0.6 is 23.6 Å². The number of nitrogens with one attached hydrogen (secondary N) is 1. The number of aryl methyl sites for hydroxylation is 2. The summed E-state index contributed by atoms with van der Waals surface area (Å²) >= 11 is 6.47. The third kappa shape index (κ3) is 2.87. The average Bonchev–Trinajstić information content (AvgIpc) is 2.65. The van der Waals surface area contributed by atoms with Crippen LogP contribution in [0.1, 0.15) is 47.1 Å². The Morgan fingerprint density at radius 1 is 1.44 bits per heavy atom. The molecule has 1 rings (SSSR count). The van der Waals surface area contributed by atoms with Gasteiger partial charge in [-0.05, 0) is 26.7 Å². The van der Waals surface area contributed by atoms with Gasteiger partial charge in [-0.3, -0.25) is 4.79 Å². The third-order valence-corrected chi connectivity index (χ3v) is 4.60. The molecule has 18 heavy (non-hydrogen) atoms. The predicted octanol–water partition coefficient (Wildman–Crippen LogP) is 2.33. The Bertz CT molecular complexity index is 464. The van der Waals surface area contributed by atoms with E-state index in [1.54, 1.807) is 0 Å². The van der Waals surface area contributed by atoms with Crippen LogP contribution in [0.4, 0.5) is 0 Å². The summed E-state index contributed by atoms with van der Waals surface area (Å²) in [5.41, 5.74) is 5.92. The van der Waals surface area contributed by atoms with Crippen molar-refractivity contribution in [2.75, 3.05) is 0 Å². The van der Waals surface area contributed by atoms with Gasteiger partial charge in [0.15, 0.2) is 0 Å². The van der Waals surface area contributed by atoms with Crippen LogP contribution in [0.25, 0.3) is 0 Å². The summed E-state index contributed by atoms with van der Waals surface area (Å²) in [7, 11) is 0. The highest BCUT2D eigenvalue weighted by atomic mass is 32.1. The van der Waals surface area contributed by atoms with Crippen LogP contribution in [0.5, 0.6) is 0 Å². The topological polar surface area (TPSA) is 68.0 Å². The quantitative estimate of drug-likeness (QED) is 0.815. The van der Waals surface area contributed by atoms with Crippen molar-refractivity contribution in [2.45, 2.75) is 46.1 Å². The number of hydrogen-bond acceptors (Lipinski definition) is 4. The van der Waals surface area contributed by atoms with Crippen LogP contribution in [-0.4, -0.2) is 21.4 Å². The zero-order valence-electron chi connectivity index (χ0n) is 11.2. The molecule has 3 N–H and O–H groups in total. The van der Waals surface area contributed by atoms with E-state index in [4.69, 9.17) is 18.0 Å². The molecule has 1 amide bonds. The molecule has 1 heterocycles. The number of nitrogens with two attached hydrogens (primary N) is 1. The molecule has 0 saturated heterocycles. The van der Waals surface area contributed by atoms with Gasteiger partial charge in [0.25, 0.3) is 5.91 Å². The standard InChI is InChI=1S/C12H19N3OS2/c1-5-12(6-2,11(13)17)15-10(16)9-7(3)14-8(4)18-9/h5-6H2,1-4H3,(H2,13,17)(H,15,16). The number of thiocarbonyl (C=S) groups is 1. The summed E-state index contributed by atoms with van der Waals surface area (Å²) < 4.78 is 0. The van der Waals surface area contributed by atoms with E-state index in [2.05, 4.69) is 10.3 Å². The summed E-state index contributed by atoms with van der Waals surface area (Å²) in [6.45, 7) is 7.65. The van der Waals surface area contributed by atoms with E-state index in [-0.39, 0.29) is 5.91 Å². The maximum atomic E-state index is 12.3. The van der Waals surface area contributed by atoms with E-state index in [0.29, 0.717) is 22.7 Å². The Hall–Kier alpha value is -1.01. The van der Waals surface area contributed by atoms with E-state index in [0.717, 1.165) is 10.7 Å². The van der Waals surface area contributed by atoms with E-state index in [1.165, 1.54) is 11.3 Å². The zero-order chi connectivity index (χ0) is 13.9. The SMILES string of the molecule is CCC(CC)(NC(=O)c1sc(C)nc1C)C(N)=S. The van der Waals surface area contributed by atoms with Crippen LogP contribution in [0.15, 0.2) is 0 Å². The average molecular weight is 285 g/mol. The molecule has 0 bridgehead atoms. The minimum atomic E-state index is -0.600. The molecule has 1 aromatic heterocycles. The lowest BCUT2D eigenvalue weighted by Crippen LogP contribution is -2.55. The smallest absolute Gasteiger partial charge is 0.264 e. The normalized spacial score (nSPS) is 11.3. The molecule has 0 aliphatic heterocycles. The fourth-order valence-electron chi connectivity index (χ4n) is 1.85. The number of thiazole rings is 1. The Morgan fingerprint density at radius 2 is 2.00 bits per heavy atom. The summed E-state index contributed by atoms with van der Waals surface area (Å²) in [5, 5.41) is 3.85. The van der Waals surface area contributed by atoms with Crippen LogP contribution in [0.3, 0.4) is 0 Å². The fraction of sp³-hybridized carbons (Fsp3) is 0.583. The molecular weight excluding hydrogens is 266 g/mol. The van der Waals surface area contributed by atoms with Crippen molar-refractivity contribution in [3.63, 3.8) is 0 Å². The van der Waals surface area contributed by atoms with E-state index < -0.39 is 5.54 Å². The summed E-state index contributed by atoms with van der Waals surface area (Å²) in [6.07, 6.45) is 1.36. The molecule has 0 unspecified atom stereocenters. The molecule has 0 atom stereocenters. The lowest BCUT2D eigenvalue weighted by molar-refractivity contribution is 0.0923. The lowest BCUT2D eigenvalue weighted by Gasteiger charge is -2.31. The lowest BCUT2D eigenvalue weighted by atomic mass is 9.92. The van der Waals surface area contributed by atoms with Gasteiger partial charge in [-0.2, -0.15) is 0 Å². The largest absolute Gasteiger partial charge is 0.391 e. The van der Waals surface area contributed by atoms with Gasteiger partial charge in [0.2, 0.25) is 0 Å². The molecule has 0 aliphatic carbocycles. The molecule has 6 heteroatoms. The minimum absolute atomic E-state index is 0.144. The fourth-order valence-corrected chi connectivity index (χ4v) is 3.01. The van der Waals surface area contributed by atoms with Gasteiger partial charge in [0.1, 0.15) is 4.88 Å².